The van der Waals surface area contributed by atoms with Gasteiger partial charge in [-0.3, -0.25) is 4.79 Å². The maximum atomic E-state index is 11.5. The maximum absolute atomic E-state index is 11.5. The number of hydrogen-bond acceptors (Lipinski definition) is 3. The number of carboxylic acids is 1. The average Bonchev–Trinajstić information content (AvgIpc) is 3.01. The Balaban J connectivity index is 1.61. The number of aliphatic carboxylic acids is 1. The number of aliphatic hydroxyl groups excluding tert-OH is 2. The Labute approximate surface area is 189 Å². The molecule has 3 N–H and O–H groups in total. The minimum absolute atomic E-state index is 0.191. The van der Waals surface area contributed by atoms with Gasteiger partial charge in [-0.1, -0.05) is 43.4 Å². The van der Waals surface area contributed by atoms with E-state index in [2.05, 4.69) is 43.4 Å². The largest absolute Gasteiger partial charge is 0.481 e. The van der Waals surface area contributed by atoms with Gasteiger partial charge in [0.25, 0.3) is 0 Å². The van der Waals surface area contributed by atoms with Crippen LogP contribution in [0.5, 0.6) is 0 Å². The third-order valence-corrected chi connectivity index (χ3v) is 11.4. The summed E-state index contributed by atoms with van der Waals surface area (Å²) in [5.41, 5.74) is 0.0601. The number of rotatable bonds is 4. The molecule has 0 aromatic heterocycles. The first kappa shape index (κ1) is 22.3. The first-order valence-electron chi connectivity index (χ1n) is 11.8. The van der Waals surface area contributed by atoms with Gasteiger partial charge in [0.1, 0.15) is 0 Å². The first-order chi connectivity index (χ1) is 13.6. The van der Waals surface area contributed by atoms with Crippen LogP contribution in [0.3, 0.4) is 0 Å². The number of alkyl halides is 1. The standard InChI is InChI=1S/C24H39IO4/c1-13(4-7-21(28)29)16-5-6-17-22-18(12-20(27)24(16,17)3)23(2)9-8-15(25)10-14(23)11-19(22)26/h13-20,22,26-27H,4-12H2,1-3H3,(H,28,29)/t13-,14+,15-,16?,17+,18+,19-,20+,22?,23+,24-/m1/s1. The van der Waals surface area contributed by atoms with Crippen molar-refractivity contribution in [2.45, 2.75) is 94.7 Å². The van der Waals surface area contributed by atoms with Crippen LogP contribution in [-0.2, 0) is 4.79 Å². The number of hydrogen-bond donors (Lipinski definition) is 3. The lowest BCUT2D eigenvalue weighted by atomic mass is 9.43. The van der Waals surface area contributed by atoms with Crippen molar-refractivity contribution in [3.8, 4) is 0 Å². The molecule has 0 saturated heterocycles. The number of fused-ring (bicyclic) bond motifs is 5. The van der Waals surface area contributed by atoms with Crippen LogP contribution in [0.2, 0.25) is 0 Å². The van der Waals surface area contributed by atoms with Crippen molar-refractivity contribution in [3.05, 3.63) is 0 Å². The summed E-state index contributed by atoms with van der Waals surface area (Å²) in [4.78, 5) is 11.1. The van der Waals surface area contributed by atoms with Crippen molar-refractivity contribution in [2.75, 3.05) is 0 Å². The monoisotopic (exact) mass is 518 g/mol. The Morgan fingerprint density at radius 2 is 1.83 bits per heavy atom. The van der Waals surface area contributed by atoms with E-state index in [1.54, 1.807) is 0 Å². The summed E-state index contributed by atoms with van der Waals surface area (Å²) in [6.45, 7) is 6.90. The van der Waals surface area contributed by atoms with E-state index < -0.39 is 5.97 Å². The van der Waals surface area contributed by atoms with E-state index in [0.717, 1.165) is 29.6 Å². The molecule has 5 heteroatoms. The molecule has 0 aliphatic heterocycles. The fraction of sp³-hybridized carbons (Fsp3) is 0.958. The highest BCUT2D eigenvalue weighted by Gasteiger charge is 2.65. The molecule has 0 heterocycles. The summed E-state index contributed by atoms with van der Waals surface area (Å²) in [6.07, 6.45) is 7.89. The predicted molar refractivity (Wildman–Crippen MR) is 122 cm³/mol. The van der Waals surface area contributed by atoms with Gasteiger partial charge in [0.15, 0.2) is 0 Å². The van der Waals surface area contributed by atoms with Crippen LogP contribution in [0.25, 0.3) is 0 Å². The number of carbonyl (C=O) groups is 1. The van der Waals surface area contributed by atoms with E-state index >= 15 is 0 Å². The Hall–Kier alpha value is 0.120. The molecule has 4 fully saturated rings. The molecule has 0 radical (unpaired) electrons. The fourth-order valence-electron chi connectivity index (χ4n) is 8.65. The van der Waals surface area contributed by atoms with Crippen molar-refractivity contribution in [3.63, 3.8) is 0 Å². The molecule has 4 aliphatic rings. The van der Waals surface area contributed by atoms with Crippen LogP contribution >= 0.6 is 22.6 Å². The van der Waals surface area contributed by atoms with Crippen LogP contribution < -0.4 is 0 Å². The van der Waals surface area contributed by atoms with Crippen LogP contribution in [0.1, 0.15) is 78.6 Å². The second-order valence-corrected chi connectivity index (χ2v) is 13.1. The number of carboxylic acid groups (broad SMARTS) is 1. The molecular formula is C24H39IO4. The van der Waals surface area contributed by atoms with Crippen molar-refractivity contribution in [1.29, 1.82) is 0 Å². The predicted octanol–water partition coefficient (Wildman–Crippen LogP) is 4.89. The number of aliphatic hydroxyl groups is 2. The normalized spacial score (nSPS) is 52.9. The summed E-state index contributed by atoms with van der Waals surface area (Å²) < 4.78 is 0.721. The van der Waals surface area contributed by atoms with E-state index in [-0.39, 0.29) is 29.5 Å². The lowest BCUT2D eigenvalue weighted by Crippen LogP contribution is -2.62. The Kier molecular flexibility index (Phi) is 6.09. The van der Waals surface area contributed by atoms with Crippen molar-refractivity contribution in [1.82, 2.24) is 0 Å². The summed E-state index contributed by atoms with van der Waals surface area (Å²) in [6, 6.07) is 0. The van der Waals surface area contributed by atoms with E-state index in [9.17, 15) is 15.0 Å². The average molecular weight is 518 g/mol. The zero-order valence-electron chi connectivity index (χ0n) is 18.2. The van der Waals surface area contributed by atoms with Gasteiger partial charge < -0.3 is 15.3 Å². The van der Waals surface area contributed by atoms with E-state index in [1.165, 1.54) is 19.3 Å². The molecule has 0 spiro atoms. The molecule has 0 aromatic rings. The first-order valence-corrected chi connectivity index (χ1v) is 13.1. The Bertz CT molecular complexity index is 640. The fourth-order valence-corrected chi connectivity index (χ4v) is 9.58. The Morgan fingerprint density at radius 3 is 2.52 bits per heavy atom. The zero-order valence-corrected chi connectivity index (χ0v) is 20.3. The molecule has 29 heavy (non-hydrogen) atoms. The molecule has 166 valence electrons. The lowest BCUT2D eigenvalue weighted by Gasteiger charge is -2.63. The van der Waals surface area contributed by atoms with Crippen molar-refractivity contribution >= 4 is 28.6 Å². The molecule has 4 rings (SSSR count). The molecular weight excluding hydrogens is 479 g/mol. The second-order valence-electron chi connectivity index (χ2n) is 11.4. The zero-order chi connectivity index (χ0) is 21.1. The maximum Gasteiger partial charge on any atom is 0.303 e. The molecule has 4 saturated carbocycles. The summed E-state index contributed by atoms with van der Waals surface area (Å²) in [7, 11) is 0. The van der Waals surface area contributed by atoms with Gasteiger partial charge >= 0.3 is 5.97 Å². The highest BCUT2D eigenvalue weighted by molar-refractivity contribution is 14.1. The minimum Gasteiger partial charge on any atom is -0.481 e. The van der Waals surface area contributed by atoms with Gasteiger partial charge in [0, 0.05) is 10.3 Å². The summed E-state index contributed by atoms with van der Waals surface area (Å²) in [5.74, 6) is 1.58. The number of halogens is 1. The van der Waals surface area contributed by atoms with Crippen molar-refractivity contribution < 1.29 is 20.1 Å². The SMILES string of the molecule is C[C@H](CCC(=O)O)C1CC[C@H]2C3[C@H](O)C[C@@H]4C[C@H](I)CC[C@]4(C)[C@H]3C[C@H](O)[C@]12C. The Morgan fingerprint density at radius 1 is 1.10 bits per heavy atom. The summed E-state index contributed by atoms with van der Waals surface area (Å²) in [5, 5.41) is 32.0. The van der Waals surface area contributed by atoms with Crippen LogP contribution in [-0.4, -0.2) is 37.4 Å². The van der Waals surface area contributed by atoms with Gasteiger partial charge in [0.05, 0.1) is 12.2 Å². The van der Waals surface area contributed by atoms with Gasteiger partial charge in [-0.2, -0.15) is 0 Å². The highest BCUT2D eigenvalue weighted by Crippen LogP contribution is 2.68. The molecule has 4 aliphatic carbocycles. The van der Waals surface area contributed by atoms with Crippen LogP contribution in [0.15, 0.2) is 0 Å². The molecule has 0 aromatic carbocycles. The molecule has 2 unspecified atom stereocenters. The van der Waals surface area contributed by atoms with Gasteiger partial charge in [-0.15, -0.1) is 0 Å². The van der Waals surface area contributed by atoms with Crippen LogP contribution in [0, 0.1) is 46.3 Å². The van der Waals surface area contributed by atoms with E-state index in [4.69, 9.17) is 5.11 Å². The van der Waals surface area contributed by atoms with E-state index in [0.29, 0.717) is 41.9 Å². The molecule has 11 atom stereocenters. The van der Waals surface area contributed by atoms with E-state index in [1.807, 2.05) is 0 Å². The topological polar surface area (TPSA) is 77.8 Å². The third-order valence-electron chi connectivity index (χ3n) is 10.3. The molecule has 0 bridgehead atoms. The lowest BCUT2D eigenvalue weighted by molar-refractivity contribution is -0.200. The van der Waals surface area contributed by atoms with Crippen molar-refractivity contribution in [2.24, 2.45) is 46.3 Å². The summed E-state index contributed by atoms with van der Waals surface area (Å²) >= 11 is 2.59. The third kappa shape index (κ3) is 3.49. The van der Waals surface area contributed by atoms with Gasteiger partial charge in [-0.05, 0) is 97.7 Å². The minimum atomic E-state index is -0.728. The second kappa shape index (κ2) is 7.91. The molecule has 0 amide bonds. The van der Waals surface area contributed by atoms with Gasteiger partial charge in [-0.25, -0.2) is 0 Å². The highest BCUT2D eigenvalue weighted by atomic mass is 127. The van der Waals surface area contributed by atoms with Gasteiger partial charge in [0.2, 0.25) is 0 Å². The quantitative estimate of drug-likeness (QED) is 0.366. The van der Waals surface area contributed by atoms with Crippen LogP contribution in [0.4, 0.5) is 0 Å². The smallest absolute Gasteiger partial charge is 0.303 e. The molecule has 4 nitrogen and oxygen atoms in total.